The lowest BCUT2D eigenvalue weighted by molar-refractivity contribution is 0.0911. The normalized spacial score (nSPS) is 15.6. The van der Waals surface area contributed by atoms with E-state index >= 15 is 0 Å². The van der Waals surface area contributed by atoms with Crippen LogP contribution in [0.2, 0.25) is 0 Å². The number of methoxy groups -OCH3 is 1. The van der Waals surface area contributed by atoms with Crippen LogP contribution in [-0.2, 0) is 0 Å². The van der Waals surface area contributed by atoms with E-state index in [-0.39, 0.29) is 11.9 Å². The predicted molar refractivity (Wildman–Crippen MR) is 115 cm³/mol. The van der Waals surface area contributed by atoms with Gasteiger partial charge in [0.15, 0.2) is 5.76 Å². The summed E-state index contributed by atoms with van der Waals surface area (Å²) in [6.45, 7) is 6.59. The maximum atomic E-state index is 13.0. The molecule has 0 spiro atoms. The number of hydrogen-bond donors (Lipinski definition) is 1. The second kappa shape index (κ2) is 8.29. The quantitative estimate of drug-likeness (QED) is 0.665. The number of hydrogen-bond acceptors (Lipinski definition) is 4. The van der Waals surface area contributed by atoms with Crippen LogP contribution in [0.25, 0.3) is 11.0 Å². The van der Waals surface area contributed by atoms with Gasteiger partial charge in [-0.25, -0.2) is 0 Å². The van der Waals surface area contributed by atoms with Crippen LogP contribution in [0.3, 0.4) is 0 Å². The van der Waals surface area contributed by atoms with Crippen LogP contribution in [0.5, 0.6) is 5.75 Å². The third-order valence-electron chi connectivity index (χ3n) is 5.90. The van der Waals surface area contributed by atoms with Gasteiger partial charge in [-0.2, -0.15) is 0 Å². The molecule has 1 atom stereocenters. The molecule has 5 nitrogen and oxygen atoms in total. The molecule has 1 amide bonds. The average molecular weight is 392 g/mol. The summed E-state index contributed by atoms with van der Waals surface area (Å²) in [4.78, 5) is 15.4. The molecule has 0 aliphatic carbocycles. The van der Waals surface area contributed by atoms with E-state index in [1.54, 1.807) is 7.11 Å². The van der Waals surface area contributed by atoms with E-state index in [1.165, 1.54) is 18.4 Å². The highest BCUT2D eigenvalue weighted by atomic mass is 16.5. The molecule has 0 bridgehead atoms. The summed E-state index contributed by atoms with van der Waals surface area (Å²) in [7, 11) is 1.67. The molecule has 1 unspecified atom stereocenters. The van der Waals surface area contributed by atoms with Crippen LogP contribution < -0.4 is 10.1 Å². The first-order valence-electron chi connectivity index (χ1n) is 10.2. The van der Waals surface area contributed by atoms with Crippen molar-refractivity contribution in [3.05, 3.63) is 64.9 Å². The topological polar surface area (TPSA) is 54.7 Å². The zero-order valence-electron chi connectivity index (χ0n) is 17.3. The first-order valence-corrected chi connectivity index (χ1v) is 10.2. The van der Waals surface area contributed by atoms with E-state index in [0.717, 1.165) is 40.9 Å². The van der Waals surface area contributed by atoms with Gasteiger partial charge in [-0.05, 0) is 63.0 Å². The molecule has 1 saturated heterocycles. The van der Waals surface area contributed by atoms with Gasteiger partial charge in [-0.15, -0.1) is 0 Å². The number of ether oxygens (including phenoxy) is 1. The number of para-hydroxylation sites is 1. The van der Waals surface area contributed by atoms with Gasteiger partial charge in [0.05, 0.1) is 13.2 Å². The summed E-state index contributed by atoms with van der Waals surface area (Å²) in [6, 6.07) is 14.3. The van der Waals surface area contributed by atoms with Crippen LogP contribution >= 0.6 is 0 Å². The van der Waals surface area contributed by atoms with Crippen LogP contribution in [0.1, 0.15) is 46.1 Å². The summed E-state index contributed by atoms with van der Waals surface area (Å²) < 4.78 is 11.2. The Kier molecular flexibility index (Phi) is 5.58. The number of aryl methyl sites for hydroxylation is 2. The van der Waals surface area contributed by atoms with Crippen molar-refractivity contribution < 1.29 is 13.9 Å². The lowest BCUT2D eigenvalue weighted by Gasteiger charge is -2.28. The van der Waals surface area contributed by atoms with Gasteiger partial charge in [-0.1, -0.05) is 30.3 Å². The van der Waals surface area contributed by atoms with Crippen molar-refractivity contribution in [1.29, 1.82) is 0 Å². The first-order chi connectivity index (χ1) is 14.1. The highest BCUT2D eigenvalue weighted by Crippen LogP contribution is 2.29. The summed E-state index contributed by atoms with van der Waals surface area (Å²) in [5.41, 5.74) is 3.91. The van der Waals surface area contributed by atoms with Crippen molar-refractivity contribution in [3.8, 4) is 5.75 Å². The molecule has 1 aromatic heterocycles. The van der Waals surface area contributed by atoms with Gasteiger partial charge in [0.1, 0.15) is 11.3 Å². The fraction of sp³-hybridized carbons (Fsp3) is 0.375. The molecule has 1 N–H and O–H groups in total. The second-order valence-electron chi connectivity index (χ2n) is 7.75. The molecule has 2 heterocycles. The zero-order valence-corrected chi connectivity index (χ0v) is 17.3. The zero-order chi connectivity index (χ0) is 20.4. The van der Waals surface area contributed by atoms with Gasteiger partial charge in [0, 0.05) is 17.5 Å². The standard InChI is InChI=1S/C24H28N2O3/c1-16-7-6-8-20-17(2)23(29-22(16)20)24(27)25-15-21(26-13-4-5-14-26)18-9-11-19(28-3)12-10-18/h6-12,21H,4-5,13-15H2,1-3H3,(H,25,27). The van der Waals surface area contributed by atoms with Gasteiger partial charge in [0.25, 0.3) is 5.91 Å². The molecular formula is C24H28N2O3. The minimum atomic E-state index is -0.157. The third kappa shape index (κ3) is 3.87. The smallest absolute Gasteiger partial charge is 0.287 e. The van der Waals surface area contributed by atoms with Crippen LogP contribution in [0.15, 0.2) is 46.9 Å². The average Bonchev–Trinajstić information content (AvgIpc) is 3.38. The molecular weight excluding hydrogens is 364 g/mol. The van der Waals surface area contributed by atoms with E-state index in [4.69, 9.17) is 9.15 Å². The molecule has 152 valence electrons. The number of benzene rings is 2. The molecule has 1 fully saturated rings. The molecule has 5 heteroatoms. The van der Waals surface area contributed by atoms with E-state index in [1.807, 2.05) is 44.2 Å². The number of furan rings is 1. The van der Waals surface area contributed by atoms with Gasteiger partial charge in [0.2, 0.25) is 0 Å². The highest BCUT2D eigenvalue weighted by molar-refractivity contribution is 5.99. The van der Waals surface area contributed by atoms with E-state index in [2.05, 4.69) is 22.3 Å². The monoisotopic (exact) mass is 392 g/mol. The van der Waals surface area contributed by atoms with Crippen LogP contribution in [-0.4, -0.2) is 37.6 Å². The molecule has 2 aromatic carbocycles. The lowest BCUT2D eigenvalue weighted by atomic mass is 10.0. The van der Waals surface area contributed by atoms with Crippen LogP contribution in [0.4, 0.5) is 0 Å². The Balaban J connectivity index is 1.54. The van der Waals surface area contributed by atoms with Crippen molar-refractivity contribution in [1.82, 2.24) is 10.2 Å². The first kappa shape index (κ1) is 19.5. The SMILES string of the molecule is COc1ccc(C(CNC(=O)c2oc3c(C)cccc3c2C)N2CCCC2)cc1. The number of rotatable bonds is 6. The van der Waals surface area contributed by atoms with Gasteiger partial charge < -0.3 is 14.5 Å². The number of nitrogens with one attached hydrogen (secondary N) is 1. The largest absolute Gasteiger partial charge is 0.497 e. The Morgan fingerprint density at radius 1 is 1.14 bits per heavy atom. The Morgan fingerprint density at radius 2 is 1.86 bits per heavy atom. The van der Waals surface area contributed by atoms with Crippen molar-refractivity contribution in [3.63, 3.8) is 0 Å². The predicted octanol–water partition coefficient (Wildman–Crippen LogP) is 4.63. The fourth-order valence-corrected chi connectivity index (χ4v) is 4.21. The van der Waals surface area contributed by atoms with Crippen molar-refractivity contribution in [2.45, 2.75) is 32.7 Å². The van der Waals surface area contributed by atoms with Gasteiger partial charge in [-0.3, -0.25) is 9.69 Å². The maximum Gasteiger partial charge on any atom is 0.287 e. The van der Waals surface area contributed by atoms with E-state index in [0.29, 0.717) is 12.3 Å². The highest BCUT2D eigenvalue weighted by Gasteiger charge is 2.25. The van der Waals surface area contributed by atoms with E-state index < -0.39 is 0 Å². The van der Waals surface area contributed by atoms with Crippen molar-refractivity contribution >= 4 is 16.9 Å². The molecule has 0 saturated carbocycles. The number of amides is 1. The third-order valence-corrected chi connectivity index (χ3v) is 5.90. The van der Waals surface area contributed by atoms with Crippen molar-refractivity contribution in [2.24, 2.45) is 0 Å². The Morgan fingerprint density at radius 3 is 2.52 bits per heavy atom. The Bertz CT molecular complexity index is 1000. The molecule has 0 radical (unpaired) electrons. The molecule has 1 aliphatic heterocycles. The lowest BCUT2D eigenvalue weighted by Crippen LogP contribution is -2.36. The minimum Gasteiger partial charge on any atom is -0.497 e. The minimum absolute atomic E-state index is 0.138. The number of carbonyl (C=O) groups is 1. The summed E-state index contributed by atoms with van der Waals surface area (Å²) in [6.07, 6.45) is 2.39. The number of nitrogens with zero attached hydrogens (tertiary/aromatic N) is 1. The van der Waals surface area contributed by atoms with Crippen molar-refractivity contribution in [2.75, 3.05) is 26.7 Å². The van der Waals surface area contributed by atoms with Crippen LogP contribution in [0, 0.1) is 13.8 Å². The molecule has 3 aromatic rings. The number of carbonyl (C=O) groups excluding carboxylic acids is 1. The summed E-state index contributed by atoms with van der Waals surface area (Å²) >= 11 is 0. The fourth-order valence-electron chi connectivity index (χ4n) is 4.21. The Hall–Kier alpha value is -2.79. The van der Waals surface area contributed by atoms with Gasteiger partial charge >= 0.3 is 0 Å². The maximum absolute atomic E-state index is 13.0. The van der Waals surface area contributed by atoms with E-state index in [9.17, 15) is 4.79 Å². The number of fused-ring (bicyclic) bond motifs is 1. The number of likely N-dealkylation sites (tertiary alicyclic amines) is 1. The molecule has 1 aliphatic rings. The summed E-state index contributed by atoms with van der Waals surface area (Å²) in [5, 5.41) is 4.12. The molecule has 4 rings (SSSR count). The molecule has 29 heavy (non-hydrogen) atoms. The Labute approximate surface area is 171 Å². The summed E-state index contributed by atoms with van der Waals surface area (Å²) in [5.74, 6) is 1.09. The second-order valence-corrected chi connectivity index (χ2v) is 7.75.